The topological polar surface area (TPSA) is 63.6 Å². The Morgan fingerprint density at radius 2 is 2.00 bits per heavy atom. The molecule has 1 N–H and O–H groups in total. The number of ketones is 1. The Labute approximate surface area is 136 Å². The molecule has 0 aromatic heterocycles. The van der Waals surface area contributed by atoms with Gasteiger partial charge in [0, 0.05) is 30.1 Å². The molecule has 0 radical (unpaired) electrons. The number of carbonyl (C=O) groups excluding carboxylic acids is 2. The number of allylic oxidation sites excluding steroid dienone is 4. The summed E-state index contributed by atoms with van der Waals surface area (Å²) in [6.07, 6.45) is 8.57. The van der Waals surface area contributed by atoms with E-state index in [4.69, 9.17) is 4.74 Å². The molecular weight excluding hydrogens is 292 g/mol. The average Bonchev–Trinajstić information content (AvgIpc) is 2.46. The van der Waals surface area contributed by atoms with E-state index in [9.17, 15) is 14.7 Å². The van der Waals surface area contributed by atoms with Gasteiger partial charge in [0.15, 0.2) is 5.78 Å². The van der Waals surface area contributed by atoms with Crippen LogP contribution in [0.5, 0.6) is 0 Å². The predicted molar refractivity (Wildman–Crippen MR) is 84.4 cm³/mol. The Kier molecular flexibility index (Phi) is 3.15. The first-order valence-corrected chi connectivity index (χ1v) is 8.68. The third-order valence-corrected chi connectivity index (χ3v) is 6.84. The molecule has 0 aromatic carbocycles. The molecule has 0 unspecified atom stereocenters. The second-order valence-electron chi connectivity index (χ2n) is 8.12. The van der Waals surface area contributed by atoms with Gasteiger partial charge in [0.05, 0.1) is 6.10 Å². The number of fused-ring (bicyclic) bond motifs is 5. The highest BCUT2D eigenvalue weighted by Gasteiger charge is 2.60. The minimum Gasteiger partial charge on any atom is -0.459 e. The second kappa shape index (κ2) is 4.79. The number of ether oxygens (including phenoxy) is 1. The molecule has 1 heterocycles. The second-order valence-corrected chi connectivity index (χ2v) is 8.12. The molecule has 4 heteroatoms. The zero-order valence-corrected chi connectivity index (χ0v) is 13.7. The molecule has 0 bridgehead atoms. The molecule has 4 aliphatic rings. The van der Waals surface area contributed by atoms with Crippen LogP contribution in [0.2, 0.25) is 0 Å². The van der Waals surface area contributed by atoms with E-state index < -0.39 is 11.7 Å². The quantitative estimate of drug-likeness (QED) is 0.698. The zero-order chi connectivity index (χ0) is 16.4. The van der Waals surface area contributed by atoms with Crippen molar-refractivity contribution in [2.24, 2.45) is 23.2 Å². The number of hydrogen-bond donors (Lipinski definition) is 1. The van der Waals surface area contributed by atoms with E-state index in [1.807, 2.05) is 13.0 Å². The van der Waals surface area contributed by atoms with Gasteiger partial charge in [-0.05, 0) is 44.3 Å². The molecule has 4 rings (SSSR count). The number of aliphatic hydroxyl groups is 1. The van der Waals surface area contributed by atoms with Gasteiger partial charge < -0.3 is 9.84 Å². The summed E-state index contributed by atoms with van der Waals surface area (Å²) >= 11 is 0. The third kappa shape index (κ3) is 2.07. The number of rotatable bonds is 0. The summed E-state index contributed by atoms with van der Waals surface area (Å²) in [5.41, 5.74) is 0.363. The highest BCUT2D eigenvalue weighted by Crippen LogP contribution is 2.60. The lowest BCUT2D eigenvalue weighted by molar-refractivity contribution is -0.209. The normalized spacial score (nSPS) is 48.7. The van der Waals surface area contributed by atoms with E-state index in [1.54, 1.807) is 12.2 Å². The van der Waals surface area contributed by atoms with Gasteiger partial charge in [0.2, 0.25) is 0 Å². The summed E-state index contributed by atoms with van der Waals surface area (Å²) in [5, 5.41) is 10.9. The monoisotopic (exact) mass is 316 g/mol. The number of carbonyl (C=O) groups is 2. The van der Waals surface area contributed by atoms with Crippen LogP contribution in [0, 0.1) is 23.2 Å². The first-order chi connectivity index (χ1) is 10.8. The van der Waals surface area contributed by atoms with Crippen molar-refractivity contribution in [3.63, 3.8) is 0 Å². The number of aliphatic hydroxyl groups excluding tert-OH is 1. The maximum absolute atomic E-state index is 11.8. The smallest absolute Gasteiger partial charge is 0.306 e. The Bertz CT molecular complexity index is 633. The van der Waals surface area contributed by atoms with Gasteiger partial charge in [-0.1, -0.05) is 18.6 Å². The van der Waals surface area contributed by atoms with Crippen LogP contribution in [0.3, 0.4) is 0 Å². The molecule has 0 amide bonds. The molecule has 4 nitrogen and oxygen atoms in total. The van der Waals surface area contributed by atoms with Crippen molar-refractivity contribution in [3.8, 4) is 0 Å². The highest BCUT2D eigenvalue weighted by molar-refractivity contribution is 6.01. The summed E-state index contributed by atoms with van der Waals surface area (Å²) < 4.78 is 5.70. The molecule has 124 valence electrons. The molecule has 0 spiro atoms. The molecule has 3 fully saturated rings. The van der Waals surface area contributed by atoms with Gasteiger partial charge in [0.1, 0.15) is 5.60 Å². The molecule has 3 aliphatic carbocycles. The Hall–Kier alpha value is -1.42. The van der Waals surface area contributed by atoms with Crippen molar-refractivity contribution >= 4 is 11.8 Å². The fourth-order valence-corrected chi connectivity index (χ4v) is 5.85. The molecule has 1 aliphatic heterocycles. The predicted octanol–water partition coefficient (Wildman–Crippen LogP) is 2.56. The Morgan fingerprint density at radius 3 is 2.78 bits per heavy atom. The molecular formula is C19H24O4. The lowest BCUT2D eigenvalue weighted by atomic mass is 9.48. The van der Waals surface area contributed by atoms with Gasteiger partial charge in [-0.25, -0.2) is 0 Å². The average molecular weight is 316 g/mol. The van der Waals surface area contributed by atoms with Gasteiger partial charge in [-0.15, -0.1) is 0 Å². The van der Waals surface area contributed by atoms with E-state index in [2.05, 4.69) is 6.92 Å². The summed E-state index contributed by atoms with van der Waals surface area (Å²) in [7, 11) is 0. The first-order valence-electron chi connectivity index (χ1n) is 8.68. The number of esters is 1. The molecule has 6 atom stereocenters. The van der Waals surface area contributed by atoms with Gasteiger partial charge in [0.25, 0.3) is 0 Å². The zero-order valence-electron chi connectivity index (χ0n) is 13.7. The summed E-state index contributed by atoms with van der Waals surface area (Å²) in [6.45, 7) is 4.14. The molecule has 2 saturated carbocycles. The lowest BCUT2D eigenvalue weighted by Crippen LogP contribution is -2.61. The minimum atomic E-state index is -0.540. The van der Waals surface area contributed by atoms with Crippen LogP contribution >= 0.6 is 0 Å². The minimum absolute atomic E-state index is 0.0534. The van der Waals surface area contributed by atoms with Gasteiger partial charge in [-0.3, -0.25) is 9.59 Å². The van der Waals surface area contributed by atoms with E-state index in [0.29, 0.717) is 24.7 Å². The SMILES string of the molecule is C[C@]12C[C@H](O)[C@@H]3[C@H](CCC4=CC(=O)C=C[C@]43C)[C@@H]1CCC(=O)O2. The standard InChI is InChI=1S/C19H24O4/c1-18-8-7-12(20)9-11(18)3-4-13-14-5-6-16(22)23-19(14,2)10-15(21)17(13)18/h7-9,13-15,17,21H,3-6,10H2,1-2H3/t13-,14+,15+,17+,18-,19+/m1/s1. The fraction of sp³-hybridized carbons (Fsp3) is 0.684. The van der Waals surface area contributed by atoms with Crippen molar-refractivity contribution in [2.75, 3.05) is 0 Å². The van der Waals surface area contributed by atoms with E-state index in [0.717, 1.165) is 24.8 Å². The highest BCUT2D eigenvalue weighted by atomic mass is 16.6. The molecule has 0 aromatic rings. The van der Waals surface area contributed by atoms with Crippen molar-refractivity contribution in [1.82, 2.24) is 0 Å². The van der Waals surface area contributed by atoms with Crippen LogP contribution in [0.4, 0.5) is 0 Å². The van der Waals surface area contributed by atoms with Crippen LogP contribution in [0.25, 0.3) is 0 Å². The van der Waals surface area contributed by atoms with Crippen LogP contribution in [-0.2, 0) is 14.3 Å². The first kappa shape index (κ1) is 15.1. The summed E-state index contributed by atoms with van der Waals surface area (Å²) in [4.78, 5) is 23.5. The Balaban J connectivity index is 1.73. The van der Waals surface area contributed by atoms with E-state index in [-0.39, 0.29) is 23.1 Å². The van der Waals surface area contributed by atoms with Gasteiger partial charge >= 0.3 is 5.97 Å². The maximum atomic E-state index is 11.8. The van der Waals surface area contributed by atoms with E-state index >= 15 is 0 Å². The van der Waals surface area contributed by atoms with Crippen LogP contribution in [0.1, 0.15) is 46.0 Å². The number of hydrogen-bond acceptors (Lipinski definition) is 4. The largest absolute Gasteiger partial charge is 0.459 e. The van der Waals surface area contributed by atoms with Crippen molar-refractivity contribution < 1.29 is 19.4 Å². The fourth-order valence-electron chi connectivity index (χ4n) is 5.85. The summed E-state index contributed by atoms with van der Waals surface area (Å²) in [6, 6.07) is 0. The summed E-state index contributed by atoms with van der Waals surface area (Å²) in [5.74, 6) is 0.648. The molecule has 1 saturated heterocycles. The maximum Gasteiger partial charge on any atom is 0.306 e. The van der Waals surface area contributed by atoms with Crippen molar-refractivity contribution in [3.05, 3.63) is 23.8 Å². The Morgan fingerprint density at radius 1 is 1.22 bits per heavy atom. The lowest BCUT2D eigenvalue weighted by Gasteiger charge is -2.59. The van der Waals surface area contributed by atoms with E-state index in [1.165, 1.54) is 0 Å². The van der Waals surface area contributed by atoms with Crippen LogP contribution in [-0.4, -0.2) is 28.6 Å². The third-order valence-electron chi connectivity index (χ3n) is 6.84. The van der Waals surface area contributed by atoms with Crippen LogP contribution < -0.4 is 0 Å². The van der Waals surface area contributed by atoms with Crippen LogP contribution in [0.15, 0.2) is 23.8 Å². The van der Waals surface area contributed by atoms with Crippen molar-refractivity contribution in [2.45, 2.75) is 57.7 Å². The van der Waals surface area contributed by atoms with Gasteiger partial charge in [-0.2, -0.15) is 0 Å². The molecule has 23 heavy (non-hydrogen) atoms. The van der Waals surface area contributed by atoms with Crippen molar-refractivity contribution in [1.29, 1.82) is 0 Å².